The molecule has 0 rings (SSSR count). The Morgan fingerprint density at radius 2 is 2.00 bits per heavy atom. The Kier molecular flexibility index (Phi) is 3.23. The van der Waals surface area contributed by atoms with Crippen molar-refractivity contribution >= 4 is 8.56 Å². The minimum atomic E-state index is -2.80. The summed E-state index contributed by atoms with van der Waals surface area (Å²) in [5.41, 5.74) is 5.10. The zero-order valence-corrected chi connectivity index (χ0v) is 6.09. The van der Waals surface area contributed by atoms with Gasteiger partial charge in [-0.2, -0.15) is 0 Å². The standard InChI is InChI=1S/C4H13NO2Si/c1-2-8(6,7)4-3-5/h6-7H,2-5H2,1H3. The highest BCUT2D eigenvalue weighted by Crippen LogP contribution is 2.04. The molecule has 0 unspecified atom stereocenters. The van der Waals surface area contributed by atoms with E-state index in [9.17, 15) is 0 Å². The highest BCUT2D eigenvalue weighted by Gasteiger charge is 2.24. The van der Waals surface area contributed by atoms with Crippen LogP contribution < -0.4 is 5.73 Å². The van der Waals surface area contributed by atoms with E-state index in [1.54, 1.807) is 6.92 Å². The van der Waals surface area contributed by atoms with Crippen LogP contribution in [-0.4, -0.2) is 24.7 Å². The Bertz CT molecular complexity index is 67.1. The minimum absolute atomic E-state index is 0.382. The van der Waals surface area contributed by atoms with Gasteiger partial charge in [0.1, 0.15) is 0 Å². The van der Waals surface area contributed by atoms with Crippen LogP contribution in [0.2, 0.25) is 12.1 Å². The molecule has 0 bridgehead atoms. The lowest BCUT2D eigenvalue weighted by Gasteiger charge is -2.12. The molecule has 0 fully saturated rings. The van der Waals surface area contributed by atoms with E-state index in [4.69, 9.17) is 15.3 Å². The maximum absolute atomic E-state index is 8.94. The Labute approximate surface area is 50.4 Å². The van der Waals surface area contributed by atoms with Gasteiger partial charge in [-0.3, -0.25) is 0 Å². The lowest BCUT2D eigenvalue weighted by Crippen LogP contribution is -2.35. The quantitative estimate of drug-likeness (QED) is 0.452. The van der Waals surface area contributed by atoms with E-state index in [0.29, 0.717) is 18.6 Å². The van der Waals surface area contributed by atoms with Crippen LogP contribution in [0.25, 0.3) is 0 Å². The molecule has 0 aromatic carbocycles. The average molecular weight is 135 g/mol. The molecular weight excluding hydrogens is 122 g/mol. The van der Waals surface area contributed by atoms with E-state index < -0.39 is 8.56 Å². The fourth-order valence-corrected chi connectivity index (χ4v) is 1.22. The van der Waals surface area contributed by atoms with Gasteiger partial charge in [-0.1, -0.05) is 6.92 Å². The first-order chi connectivity index (χ1) is 3.62. The van der Waals surface area contributed by atoms with Gasteiger partial charge < -0.3 is 15.3 Å². The maximum atomic E-state index is 8.94. The Hall–Kier alpha value is 0.0969. The predicted molar refractivity (Wildman–Crippen MR) is 34.5 cm³/mol. The summed E-state index contributed by atoms with van der Waals surface area (Å²) in [6, 6.07) is 0.869. The van der Waals surface area contributed by atoms with E-state index >= 15 is 0 Å². The van der Waals surface area contributed by atoms with Crippen LogP contribution in [0.1, 0.15) is 6.92 Å². The van der Waals surface area contributed by atoms with Crippen molar-refractivity contribution in [3.8, 4) is 0 Å². The van der Waals surface area contributed by atoms with Crippen LogP contribution >= 0.6 is 0 Å². The van der Waals surface area contributed by atoms with Crippen molar-refractivity contribution in [2.75, 3.05) is 6.54 Å². The Balaban J connectivity index is 3.37. The Morgan fingerprint density at radius 1 is 1.50 bits per heavy atom. The van der Waals surface area contributed by atoms with Crippen molar-refractivity contribution < 1.29 is 9.59 Å². The fourth-order valence-electron chi connectivity index (χ4n) is 0.408. The molecule has 0 heterocycles. The third kappa shape index (κ3) is 3.14. The highest BCUT2D eigenvalue weighted by atomic mass is 28.4. The van der Waals surface area contributed by atoms with E-state index in [0.717, 1.165) is 0 Å². The molecule has 3 nitrogen and oxygen atoms in total. The summed E-state index contributed by atoms with van der Waals surface area (Å²) < 4.78 is 0. The first-order valence-corrected chi connectivity index (χ1v) is 5.08. The molecule has 0 aliphatic heterocycles. The molecule has 50 valence electrons. The molecule has 0 aromatic rings. The minimum Gasteiger partial charge on any atom is -0.411 e. The normalized spacial score (nSPS) is 12.0. The van der Waals surface area contributed by atoms with E-state index in [2.05, 4.69) is 0 Å². The van der Waals surface area contributed by atoms with Gasteiger partial charge in [0.15, 0.2) is 0 Å². The van der Waals surface area contributed by atoms with Gasteiger partial charge in [0.05, 0.1) is 0 Å². The first-order valence-electron chi connectivity index (χ1n) is 2.77. The molecule has 0 radical (unpaired) electrons. The topological polar surface area (TPSA) is 66.5 Å². The van der Waals surface area contributed by atoms with Crippen molar-refractivity contribution in [1.82, 2.24) is 0 Å². The zero-order valence-electron chi connectivity index (χ0n) is 5.09. The van der Waals surface area contributed by atoms with E-state index in [1.807, 2.05) is 0 Å². The van der Waals surface area contributed by atoms with Gasteiger partial charge in [-0.15, -0.1) is 0 Å². The van der Waals surface area contributed by atoms with Crippen molar-refractivity contribution in [2.24, 2.45) is 5.73 Å². The van der Waals surface area contributed by atoms with Gasteiger partial charge in [0.2, 0.25) is 0 Å². The van der Waals surface area contributed by atoms with Gasteiger partial charge >= 0.3 is 8.56 Å². The third-order valence-electron chi connectivity index (χ3n) is 1.11. The third-order valence-corrected chi connectivity index (χ3v) is 3.33. The van der Waals surface area contributed by atoms with Crippen LogP contribution in [0, 0.1) is 0 Å². The molecule has 4 heteroatoms. The monoisotopic (exact) mass is 135 g/mol. The maximum Gasteiger partial charge on any atom is 0.333 e. The van der Waals surface area contributed by atoms with Gasteiger partial charge in [0.25, 0.3) is 0 Å². The molecule has 0 amide bonds. The van der Waals surface area contributed by atoms with Gasteiger partial charge in [0, 0.05) is 6.04 Å². The lowest BCUT2D eigenvalue weighted by molar-refractivity contribution is 0.361. The molecule has 0 spiro atoms. The second-order valence-corrected chi connectivity index (χ2v) is 5.05. The van der Waals surface area contributed by atoms with Crippen LogP contribution in [-0.2, 0) is 0 Å². The summed E-state index contributed by atoms with van der Waals surface area (Å²) in [6.45, 7) is 2.15. The van der Waals surface area contributed by atoms with Crippen molar-refractivity contribution in [2.45, 2.75) is 19.0 Å². The molecule has 0 saturated heterocycles. The lowest BCUT2D eigenvalue weighted by atomic mass is 10.8. The number of rotatable bonds is 3. The summed E-state index contributed by atoms with van der Waals surface area (Å²) in [5, 5.41) is 0. The molecule has 0 atom stereocenters. The summed E-state index contributed by atoms with van der Waals surface area (Å²) in [5.74, 6) is 0. The first kappa shape index (κ1) is 8.10. The smallest absolute Gasteiger partial charge is 0.333 e. The van der Waals surface area contributed by atoms with Crippen LogP contribution in [0.5, 0.6) is 0 Å². The summed E-state index contributed by atoms with van der Waals surface area (Å²) in [7, 11) is -2.80. The molecule has 4 N–H and O–H groups in total. The second-order valence-electron chi connectivity index (χ2n) is 1.87. The largest absolute Gasteiger partial charge is 0.411 e. The fraction of sp³-hybridized carbons (Fsp3) is 1.00. The highest BCUT2D eigenvalue weighted by molar-refractivity contribution is 6.64. The van der Waals surface area contributed by atoms with Crippen molar-refractivity contribution in [3.05, 3.63) is 0 Å². The van der Waals surface area contributed by atoms with Crippen molar-refractivity contribution in [1.29, 1.82) is 0 Å². The predicted octanol–water partition coefficient (Wildman–Crippen LogP) is -0.608. The number of hydrogen-bond donors (Lipinski definition) is 3. The molecule has 0 aromatic heterocycles. The number of hydrogen-bond acceptors (Lipinski definition) is 3. The number of nitrogens with two attached hydrogens (primary N) is 1. The second kappa shape index (κ2) is 3.19. The molecule has 8 heavy (non-hydrogen) atoms. The van der Waals surface area contributed by atoms with E-state index in [-0.39, 0.29) is 0 Å². The summed E-state index contributed by atoms with van der Waals surface area (Å²) >= 11 is 0. The average Bonchev–Trinajstić information content (AvgIpc) is 1.67. The molecule has 0 aliphatic rings. The van der Waals surface area contributed by atoms with Crippen molar-refractivity contribution in [3.63, 3.8) is 0 Å². The SMILES string of the molecule is CC[Si](O)(O)CCN. The molecular formula is C4H13NO2Si. The zero-order chi connectivity index (χ0) is 6.62. The molecule has 0 saturated carbocycles. The summed E-state index contributed by atoms with van der Waals surface area (Å²) in [4.78, 5) is 17.9. The van der Waals surface area contributed by atoms with Crippen LogP contribution in [0.15, 0.2) is 0 Å². The molecule has 0 aliphatic carbocycles. The van der Waals surface area contributed by atoms with Crippen LogP contribution in [0.4, 0.5) is 0 Å². The van der Waals surface area contributed by atoms with Gasteiger partial charge in [-0.05, 0) is 12.6 Å². The van der Waals surface area contributed by atoms with Crippen LogP contribution in [0.3, 0.4) is 0 Å². The van der Waals surface area contributed by atoms with Gasteiger partial charge in [-0.25, -0.2) is 0 Å². The van der Waals surface area contributed by atoms with E-state index in [1.165, 1.54) is 0 Å². The Morgan fingerprint density at radius 3 is 2.12 bits per heavy atom. The summed E-state index contributed by atoms with van der Waals surface area (Å²) in [6.07, 6.45) is 0.